The van der Waals surface area contributed by atoms with Gasteiger partial charge >= 0.3 is 0 Å². The van der Waals surface area contributed by atoms with Gasteiger partial charge in [0.05, 0.1) is 12.3 Å². The number of aliphatic hydroxyl groups is 1. The second-order valence-electron chi connectivity index (χ2n) is 10.7. The molecule has 3 heteroatoms. The zero-order valence-electron chi connectivity index (χ0n) is 17.3. The molecule has 0 bridgehead atoms. The molecule has 0 saturated heterocycles. The highest BCUT2D eigenvalue weighted by molar-refractivity contribution is 5.54. The lowest BCUT2D eigenvalue weighted by atomic mass is 9.45. The van der Waals surface area contributed by atoms with Crippen LogP contribution in [0.1, 0.15) is 77.2 Å². The van der Waals surface area contributed by atoms with E-state index in [0.717, 1.165) is 29.7 Å². The summed E-state index contributed by atoms with van der Waals surface area (Å²) in [5.41, 5.74) is 3.04. The maximum absolute atomic E-state index is 11.3. The third kappa shape index (κ3) is 2.60. The molecule has 4 saturated carbocycles. The maximum atomic E-state index is 11.3. The molecule has 0 amide bonds. The summed E-state index contributed by atoms with van der Waals surface area (Å²) in [6, 6.07) is 0. The monoisotopic (exact) mass is 368 g/mol. The molecule has 5 rings (SSSR count). The molecular formula is C24H36N2O. The van der Waals surface area contributed by atoms with Crippen LogP contribution < -0.4 is 0 Å². The van der Waals surface area contributed by atoms with E-state index >= 15 is 0 Å². The van der Waals surface area contributed by atoms with E-state index in [4.69, 9.17) is 0 Å². The summed E-state index contributed by atoms with van der Waals surface area (Å²) in [7, 11) is 1.96. The van der Waals surface area contributed by atoms with E-state index in [1.807, 2.05) is 17.9 Å². The standard InChI is InChI=1S/C24H36N2O/c1-23-10-5-4-6-18(23)7-8-19-20(23)9-11-24(2)21(19)13-17(22(24)27)12-16-14-25-26(3)15-16/h12,14-15,18-22,27H,4-11,13H2,1-3H3/b17-12+/t18-,19-,20+,21+,22+,23+,24+/m1/s1. The third-order valence-electron chi connectivity index (χ3n) is 9.53. The van der Waals surface area contributed by atoms with Crippen LogP contribution in [0.4, 0.5) is 0 Å². The van der Waals surface area contributed by atoms with Crippen molar-refractivity contribution in [3.8, 4) is 0 Å². The van der Waals surface area contributed by atoms with Crippen LogP contribution in [0.3, 0.4) is 0 Å². The van der Waals surface area contributed by atoms with Gasteiger partial charge in [-0.25, -0.2) is 0 Å². The van der Waals surface area contributed by atoms with Gasteiger partial charge in [0.1, 0.15) is 0 Å². The highest BCUT2D eigenvalue weighted by atomic mass is 16.3. The van der Waals surface area contributed by atoms with Gasteiger partial charge in [-0.2, -0.15) is 5.10 Å². The average molecular weight is 369 g/mol. The third-order valence-corrected chi connectivity index (χ3v) is 9.53. The molecule has 1 heterocycles. The number of rotatable bonds is 1. The van der Waals surface area contributed by atoms with Crippen LogP contribution in [0.5, 0.6) is 0 Å². The molecule has 27 heavy (non-hydrogen) atoms. The molecule has 4 aliphatic carbocycles. The summed E-state index contributed by atoms with van der Waals surface area (Å²) in [5, 5.41) is 15.6. The second kappa shape index (κ2) is 6.20. The van der Waals surface area contributed by atoms with Crippen molar-refractivity contribution in [3.05, 3.63) is 23.5 Å². The van der Waals surface area contributed by atoms with E-state index in [2.05, 4.69) is 31.2 Å². The van der Waals surface area contributed by atoms with E-state index in [9.17, 15) is 5.11 Å². The van der Waals surface area contributed by atoms with E-state index in [1.165, 1.54) is 56.9 Å². The van der Waals surface area contributed by atoms with Crippen LogP contribution in [-0.2, 0) is 7.05 Å². The lowest BCUT2D eigenvalue weighted by Gasteiger charge is -2.60. The molecule has 0 spiro atoms. The fourth-order valence-electron chi connectivity index (χ4n) is 8.02. The Bertz CT molecular complexity index is 751. The Hall–Kier alpha value is -1.09. The van der Waals surface area contributed by atoms with E-state index in [0.29, 0.717) is 11.3 Å². The number of nitrogens with zero attached hydrogens (tertiary/aromatic N) is 2. The number of aromatic nitrogens is 2. The van der Waals surface area contributed by atoms with Gasteiger partial charge in [-0.15, -0.1) is 0 Å². The Labute approximate surface area is 164 Å². The van der Waals surface area contributed by atoms with E-state index in [1.54, 1.807) is 0 Å². The first-order valence-electron chi connectivity index (χ1n) is 11.3. The zero-order chi connectivity index (χ0) is 18.8. The molecular weight excluding hydrogens is 332 g/mol. The van der Waals surface area contributed by atoms with Gasteiger partial charge in [-0.3, -0.25) is 4.68 Å². The molecule has 1 aromatic rings. The molecule has 1 N–H and O–H groups in total. The van der Waals surface area contributed by atoms with E-state index < -0.39 is 0 Å². The Kier molecular flexibility index (Phi) is 4.13. The van der Waals surface area contributed by atoms with Crippen molar-refractivity contribution in [2.24, 2.45) is 41.5 Å². The van der Waals surface area contributed by atoms with Gasteiger partial charge in [0.25, 0.3) is 0 Å². The van der Waals surface area contributed by atoms with Gasteiger partial charge in [0, 0.05) is 24.2 Å². The van der Waals surface area contributed by atoms with Crippen LogP contribution in [0.2, 0.25) is 0 Å². The van der Waals surface area contributed by atoms with Gasteiger partial charge in [-0.05, 0) is 79.6 Å². The van der Waals surface area contributed by atoms with Crippen LogP contribution in [0.15, 0.2) is 18.0 Å². The molecule has 0 aliphatic heterocycles. The molecule has 0 radical (unpaired) electrons. The summed E-state index contributed by atoms with van der Waals surface area (Å²) in [6.07, 6.45) is 18.2. The average Bonchev–Trinajstić information content (AvgIpc) is 3.16. The highest BCUT2D eigenvalue weighted by Gasteiger charge is 2.60. The molecule has 3 nitrogen and oxygen atoms in total. The molecule has 0 aromatic carbocycles. The van der Waals surface area contributed by atoms with Crippen molar-refractivity contribution in [3.63, 3.8) is 0 Å². The van der Waals surface area contributed by atoms with Gasteiger partial charge in [0.2, 0.25) is 0 Å². The molecule has 7 atom stereocenters. The molecule has 148 valence electrons. The van der Waals surface area contributed by atoms with E-state index in [-0.39, 0.29) is 11.5 Å². The van der Waals surface area contributed by atoms with Crippen molar-refractivity contribution in [1.29, 1.82) is 0 Å². The summed E-state index contributed by atoms with van der Waals surface area (Å²) in [4.78, 5) is 0. The van der Waals surface area contributed by atoms with Gasteiger partial charge in [0.15, 0.2) is 0 Å². The first kappa shape index (κ1) is 18.0. The molecule has 1 aromatic heterocycles. The summed E-state index contributed by atoms with van der Waals surface area (Å²) in [5.74, 6) is 3.33. The summed E-state index contributed by atoms with van der Waals surface area (Å²) in [6.45, 7) is 5.02. The van der Waals surface area contributed by atoms with Crippen molar-refractivity contribution in [2.45, 2.75) is 77.7 Å². The number of hydrogen-bond donors (Lipinski definition) is 1. The second-order valence-corrected chi connectivity index (χ2v) is 10.7. The number of fused-ring (bicyclic) bond motifs is 5. The Morgan fingerprint density at radius 2 is 1.93 bits per heavy atom. The number of hydrogen-bond acceptors (Lipinski definition) is 2. The fraction of sp³-hybridized carbons (Fsp3) is 0.792. The zero-order valence-corrected chi connectivity index (χ0v) is 17.3. The SMILES string of the molecule is Cn1cc(/C=C2\C[C@H]3[C@@H]4CC[C@H]5CCCC[C@]5(C)[C@H]4CC[C@]3(C)[C@H]2O)cn1. The van der Waals surface area contributed by atoms with Crippen molar-refractivity contribution >= 4 is 6.08 Å². The highest BCUT2D eigenvalue weighted by Crippen LogP contribution is 2.66. The predicted octanol–water partition coefficient (Wildman–Crippen LogP) is 5.21. The van der Waals surface area contributed by atoms with Crippen LogP contribution in [-0.4, -0.2) is 21.0 Å². The lowest BCUT2D eigenvalue weighted by molar-refractivity contribution is -0.119. The first-order chi connectivity index (χ1) is 12.9. The molecule has 0 unspecified atom stereocenters. The minimum absolute atomic E-state index is 0.0765. The fourth-order valence-corrected chi connectivity index (χ4v) is 8.02. The van der Waals surface area contributed by atoms with Crippen molar-refractivity contribution < 1.29 is 5.11 Å². The van der Waals surface area contributed by atoms with Crippen LogP contribution in [0, 0.1) is 34.5 Å². The van der Waals surface area contributed by atoms with Crippen molar-refractivity contribution in [1.82, 2.24) is 9.78 Å². The number of aliphatic hydroxyl groups excluding tert-OH is 1. The summed E-state index contributed by atoms with van der Waals surface area (Å²) < 4.78 is 1.85. The smallest absolute Gasteiger partial charge is 0.0809 e. The minimum Gasteiger partial charge on any atom is -0.388 e. The van der Waals surface area contributed by atoms with Gasteiger partial charge < -0.3 is 5.11 Å². The lowest BCUT2D eigenvalue weighted by Crippen LogP contribution is -2.53. The first-order valence-corrected chi connectivity index (χ1v) is 11.3. The maximum Gasteiger partial charge on any atom is 0.0809 e. The van der Waals surface area contributed by atoms with Gasteiger partial charge in [-0.1, -0.05) is 32.8 Å². The Balaban J connectivity index is 1.45. The summed E-state index contributed by atoms with van der Waals surface area (Å²) >= 11 is 0. The topological polar surface area (TPSA) is 38.0 Å². The van der Waals surface area contributed by atoms with Crippen molar-refractivity contribution in [2.75, 3.05) is 0 Å². The minimum atomic E-state index is -0.277. The Morgan fingerprint density at radius 3 is 2.70 bits per heavy atom. The Morgan fingerprint density at radius 1 is 1.07 bits per heavy atom. The quantitative estimate of drug-likeness (QED) is 0.739. The number of aryl methyl sites for hydroxylation is 1. The molecule has 4 aliphatic rings. The van der Waals surface area contributed by atoms with Crippen LogP contribution in [0.25, 0.3) is 6.08 Å². The normalized spacial score (nSPS) is 48.1. The van der Waals surface area contributed by atoms with Crippen LogP contribution >= 0.6 is 0 Å². The predicted molar refractivity (Wildman–Crippen MR) is 109 cm³/mol. The largest absolute Gasteiger partial charge is 0.388 e. The molecule has 4 fully saturated rings.